The highest BCUT2D eigenvalue weighted by Gasteiger charge is 2.29. The van der Waals surface area contributed by atoms with E-state index in [1.54, 1.807) is 24.3 Å². The summed E-state index contributed by atoms with van der Waals surface area (Å²) >= 11 is 0. The van der Waals surface area contributed by atoms with Gasteiger partial charge in [-0.2, -0.15) is 0 Å². The first-order chi connectivity index (χ1) is 13.7. The highest BCUT2D eigenvalue weighted by molar-refractivity contribution is 6.09. The third-order valence-corrected chi connectivity index (χ3v) is 5.00. The lowest BCUT2D eigenvalue weighted by molar-refractivity contribution is -0.117. The Balaban J connectivity index is 1.34. The minimum atomic E-state index is -0.202. The number of para-hydroxylation sites is 1. The van der Waals surface area contributed by atoms with Crippen molar-refractivity contribution >= 4 is 45.1 Å². The van der Waals surface area contributed by atoms with E-state index in [-0.39, 0.29) is 17.7 Å². The van der Waals surface area contributed by atoms with Gasteiger partial charge in [-0.15, -0.1) is 0 Å². The Labute approximate surface area is 161 Å². The topological polar surface area (TPSA) is 71.3 Å². The van der Waals surface area contributed by atoms with E-state index in [4.69, 9.17) is 4.42 Å². The zero-order valence-electron chi connectivity index (χ0n) is 15.1. The quantitative estimate of drug-likeness (QED) is 0.519. The second kappa shape index (κ2) is 6.53. The largest absolute Gasteiger partial charge is 0.456 e. The second-order valence-electron chi connectivity index (χ2n) is 7.10. The molecule has 3 aromatic carbocycles. The van der Waals surface area contributed by atoms with Crippen molar-refractivity contribution in [2.75, 3.05) is 10.6 Å². The summed E-state index contributed by atoms with van der Waals surface area (Å²) in [6.07, 6.45) is 1.92. The van der Waals surface area contributed by atoms with Crippen LogP contribution in [0.3, 0.4) is 0 Å². The van der Waals surface area contributed by atoms with Gasteiger partial charge in [0.25, 0.3) is 5.91 Å². The normalized spacial score (nSPS) is 13.6. The summed E-state index contributed by atoms with van der Waals surface area (Å²) in [4.78, 5) is 24.4. The number of nitrogens with one attached hydrogen (secondary N) is 2. The minimum absolute atomic E-state index is 0.0536. The van der Waals surface area contributed by atoms with Gasteiger partial charge in [0.2, 0.25) is 5.91 Å². The van der Waals surface area contributed by atoms with Crippen LogP contribution in [0.5, 0.6) is 0 Å². The minimum Gasteiger partial charge on any atom is -0.456 e. The van der Waals surface area contributed by atoms with Gasteiger partial charge >= 0.3 is 0 Å². The molecule has 1 fully saturated rings. The first kappa shape index (κ1) is 16.6. The summed E-state index contributed by atoms with van der Waals surface area (Å²) in [5, 5.41) is 7.78. The first-order valence-electron chi connectivity index (χ1n) is 9.31. The molecule has 1 heterocycles. The van der Waals surface area contributed by atoms with E-state index in [9.17, 15) is 9.59 Å². The molecule has 2 N–H and O–H groups in total. The summed E-state index contributed by atoms with van der Waals surface area (Å²) in [5.41, 5.74) is 3.55. The monoisotopic (exact) mass is 370 g/mol. The van der Waals surface area contributed by atoms with Gasteiger partial charge in [0.1, 0.15) is 11.2 Å². The zero-order valence-corrected chi connectivity index (χ0v) is 15.1. The van der Waals surface area contributed by atoms with Gasteiger partial charge in [0.05, 0.1) is 0 Å². The van der Waals surface area contributed by atoms with Crippen molar-refractivity contribution < 1.29 is 14.0 Å². The fourth-order valence-electron chi connectivity index (χ4n) is 3.30. The van der Waals surface area contributed by atoms with Gasteiger partial charge in [0, 0.05) is 33.6 Å². The van der Waals surface area contributed by atoms with Crippen molar-refractivity contribution in [3.63, 3.8) is 0 Å². The van der Waals surface area contributed by atoms with Crippen molar-refractivity contribution in [2.45, 2.75) is 12.8 Å². The average molecular weight is 370 g/mol. The van der Waals surface area contributed by atoms with Crippen LogP contribution in [0.1, 0.15) is 23.2 Å². The number of carbonyl (C=O) groups excluding carboxylic acids is 2. The number of anilines is 2. The van der Waals surface area contributed by atoms with E-state index in [0.717, 1.165) is 34.8 Å². The lowest BCUT2D eigenvalue weighted by atomic mass is 10.1. The smallest absolute Gasteiger partial charge is 0.255 e. The van der Waals surface area contributed by atoms with Crippen molar-refractivity contribution in [2.24, 2.45) is 5.92 Å². The van der Waals surface area contributed by atoms with Gasteiger partial charge in [-0.1, -0.05) is 18.2 Å². The summed E-state index contributed by atoms with van der Waals surface area (Å²) < 4.78 is 5.82. The van der Waals surface area contributed by atoms with E-state index < -0.39 is 0 Å². The number of fused-ring (bicyclic) bond motifs is 3. The number of benzene rings is 3. The molecule has 0 unspecified atom stereocenters. The van der Waals surface area contributed by atoms with E-state index in [1.165, 1.54) is 0 Å². The first-order valence-corrected chi connectivity index (χ1v) is 9.31. The fraction of sp³-hybridized carbons (Fsp3) is 0.130. The van der Waals surface area contributed by atoms with Gasteiger partial charge in [-0.25, -0.2) is 0 Å². The molecule has 2 amide bonds. The molecule has 0 radical (unpaired) electrons. The molecule has 0 saturated heterocycles. The zero-order chi connectivity index (χ0) is 19.1. The Morgan fingerprint density at radius 3 is 2.29 bits per heavy atom. The predicted octanol–water partition coefficient (Wildman–Crippen LogP) is 5.19. The Hall–Kier alpha value is -3.60. The number of amides is 2. The Bertz CT molecular complexity index is 1200. The lowest BCUT2D eigenvalue weighted by Crippen LogP contribution is -2.14. The van der Waals surface area contributed by atoms with Crippen LogP contribution in [0, 0.1) is 5.92 Å². The van der Waals surface area contributed by atoms with E-state index in [1.807, 2.05) is 42.5 Å². The Morgan fingerprint density at radius 2 is 1.50 bits per heavy atom. The highest BCUT2D eigenvalue weighted by atomic mass is 16.3. The molecule has 0 spiro atoms. The fourth-order valence-corrected chi connectivity index (χ4v) is 3.30. The van der Waals surface area contributed by atoms with Crippen LogP contribution < -0.4 is 10.6 Å². The molecule has 138 valence electrons. The van der Waals surface area contributed by atoms with Crippen LogP contribution in [0.2, 0.25) is 0 Å². The van der Waals surface area contributed by atoms with Crippen LogP contribution in [-0.2, 0) is 4.79 Å². The molecule has 1 aliphatic carbocycles. The summed E-state index contributed by atoms with van der Waals surface area (Å²) in [6, 6.07) is 20.4. The van der Waals surface area contributed by atoms with Crippen LogP contribution in [-0.4, -0.2) is 11.8 Å². The van der Waals surface area contributed by atoms with Crippen LogP contribution in [0.4, 0.5) is 11.4 Å². The SMILES string of the molecule is O=C(Nc1ccc2oc3ccccc3c2c1)c1ccc(NC(=O)C2CC2)cc1. The van der Waals surface area contributed by atoms with Gasteiger partial charge in [0.15, 0.2) is 0 Å². The van der Waals surface area contributed by atoms with Crippen LogP contribution >= 0.6 is 0 Å². The van der Waals surface area contributed by atoms with E-state index >= 15 is 0 Å². The number of hydrogen-bond donors (Lipinski definition) is 2. The number of hydrogen-bond acceptors (Lipinski definition) is 3. The molecule has 5 rings (SSSR count). The molecule has 1 aromatic heterocycles. The third-order valence-electron chi connectivity index (χ3n) is 5.00. The number of rotatable bonds is 4. The molecule has 5 nitrogen and oxygen atoms in total. The highest BCUT2D eigenvalue weighted by Crippen LogP contribution is 2.31. The van der Waals surface area contributed by atoms with Crippen molar-refractivity contribution in [3.8, 4) is 0 Å². The molecular weight excluding hydrogens is 352 g/mol. The van der Waals surface area contributed by atoms with Crippen LogP contribution in [0.15, 0.2) is 71.1 Å². The molecular formula is C23H18N2O3. The maximum Gasteiger partial charge on any atom is 0.255 e. The summed E-state index contributed by atoms with van der Waals surface area (Å²) in [7, 11) is 0. The maximum atomic E-state index is 12.6. The van der Waals surface area contributed by atoms with E-state index in [2.05, 4.69) is 10.6 Å². The van der Waals surface area contributed by atoms with Gasteiger partial charge in [-0.3, -0.25) is 9.59 Å². The van der Waals surface area contributed by atoms with Gasteiger partial charge in [-0.05, 0) is 61.4 Å². The lowest BCUT2D eigenvalue weighted by Gasteiger charge is -2.07. The van der Waals surface area contributed by atoms with E-state index in [0.29, 0.717) is 16.9 Å². The Kier molecular flexibility index (Phi) is 3.86. The second-order valence-corrected chi connectivity index (χ2v) is 7.10. The number of carbonyl (C=O) groups is 2. The predicted molar refractivity (Wildman–Crippen MR) is 109 cm³/mol. The van der Waals surface area contributed by atoms with Crippen molar-refractivity contribution in [1.82, 2.24) is 0 Å². The Morgan fingerprint density at radius 1 is 0.786 bits per heavy atom. The van der Waals surface area contributed by atoms with Crippen LogP contribution in [0.25, 0.3) is 21.9 Å². The van der Waals surface area contributed by atoms with Crippen molar-refractivity contribution in [1.29, 1.82) is 0 Å². The molecule has 1 aliphatic rings. The van der Waals surface area contributed by atoms with Crippen molar-refractivity contribution in [3.05, 3.63) is 72.3 Å². The molecule has 4 aromatic rings. The molecule has 1 saturated carbocycles. The average Bonchev–Trinajstić information content (AvgIpc) is 3.50. The maximum absolute atomic E-state index is 12.6. The standard InChI is InChI=1S/C23H18N2O3/c26-22(14-5-6-14)24-16-9-7-15(8-10-16)23(27)25-17-11-12-21-19(13-17)18-3-1-2-4-20(18)28-21/h1-4,7-14H,5-6H2,(H,24,26)(H,25,27). The number of furan rings is 1. The third kappa shape index (κ3) is 3.11. The molecule has 28 heavy (non-hydrogen) atoms. The summed E-state index contributed by atoms with van der Waals surface area (Å²) in [5.74, 6) is 0.00181. The van der Waals surface area contributed by atoms with Gasteiger partial charge < -0.3 is 15.1 Å². The molecule has 0 bridgehead atoms. The molecule has 5 heteroatoms. The molecule has 0 atom stereocenters. The molecule has 0 aliphatic heterocycles. The summed E-state index contributed by atoms with van der Waals surface area (Å²) in [6.45, 7) is 0.